The van der Waals surface area contributed by atoms with Crippen molar-refractivity contribution >= 4 is 27.6 Å². The molecule has 0 aromatic heterocycles. The first kappa shape index (κ1) is 23.5. The Balaban J connectivity index is 1.36. The highest BCUT2D eigenvalue weighted by Gasteiger charge is 2.43. The maximum Gasteiger partial charge on any atom is 0.260 e. The van der Waals surface area contributed by atoms with Crippen molar-refractivity contribution in [1.82, 2.24) is 14.1 Å². The molecule has 0 aliphatic carbocycles. The molecule has 0 N–H and O–H groups in total. The number of hydrogen-bond donors (Lipinski definition) is 0. The van der Waals surface area contributed by atoms with E-state index in [4.69, 9.17) is 9.47 Å². The minimum atomic E-state index is -3.26. The number of sulfonamides is 1. The van der Waals surface area contributed by atoms with Gasteiger partial charge in [-0.1, -0.05) is 0 Å². The molecular weight excluding hydrogens is 450 g/mol. The predicted molar refractivity (Wildman–Crippen MR) is 119 cm³/mol. The van der Waals surface area contributed by atoms with Gasteiger partial charge in [0, 0.05) is 65.1 Å². The van der Waals surface area contributed by atoms with E-state index in [1.165, 1.54) is 11.2 Å². The number of nitrogens with zero attached hydrogens (tertiary/aromatic N) is 3. The quantitative estimate of drug-likeness (QED) is 0.618. The highest BCUT2D eigenvalue weighted by molar-refractivity contribution is 7.88. The van der Waals surface area contributed by atoms with Gasteiger partial charge in [0.15, 0.2) is 12.4 Å². The Morgan fingerprint density at radius 2 is 1.73 bits per heavy atom. The number of carbonyl (C=O) groups excluding carboxylic acids is 3. The first-order valence-electron chi connectivity index (χ1n) is 11.0. The van der Waals surface area contributed by atoms with Crippen LogP contribution in [-0.2, 0) is 19.6 Å². The second-order valence-electron chi connectivity index (χ2n) is 8.88. The van der Waals surface area contributed by atoms with Crippen LogP contribution in [0.3, 0.4) is 0 Å². The summed E-state index contributed by atoms with van der Waals surface area (Å²) >= 11 is 0. The molecule has 2 fully saturated rings. The van der Waals surface area contributed by atoms with E-state index >= 15 is 0 Å². The van der Waals surface area contributed by atoms with E-state index in [9.17, 15) is 22.8 Å². The van der Waals surface area contributed by atoms with Crippen LogP contribution < -0.4 is 9.47 Å². The van der Waals surface area contributed by atoms with Crippen LogP contribution in [0.2, 0.25) is 0 Å². The van der Waals surface area contributed by atoms with Gasteiger partial charge in [0.1, 0.15) is 17.1 Å². The first-order valence-corrected chi connectivity index (χ1v) is 12.9. The molecule has 33 heavy (non-hydrogen) atoms. The lowest BCUT2D eigenvalue weighted by Gasteiger charge is -2.43. The number of rotatable bonds is 4. The molecule has 0 bridgehead atoms. The summed E-state index contributed by atoms with van der Waals surface area (Å²) in [6.45, 7) is 3.62. The summed E-state index contributed by atoms with van der Waals surface area (Å²) in [5, 5.41) is 0. The van der Waals surface area contributed by atoms with Crippen LogP contribution in [0.15, 0.2) is 18.2 Å². The first-order chi connectivity index (χ1) is 15.6. The van der Waals surface area contributed by atoms with Crippen molar-refractivity contribution in [3.63, 3.8) is 0 Å². The molecule has 0 radical (unpaired) electrons. The molecule has 2 saturated heterocycles. The molecule has 1 spiro atoms. The van der Waals surface area contributed by atoms with Crippen molar-refractivity contribution in [3.05, 3.63) is 23.8 Å². The molecule has 1 aromatic carbocycles. The van der Waals surface area contributed by atoms with Gasteiger partial charge in [-0.25, -0.2) is 8.42 Å². The molecule has 10 nitrogen and oxygen atoms in total. The van der Waals surface area contributed by atoms with E-state index < -0.39 is 15.6 Å². The second kappa shape index (κ2) is 8.94. The zero-order valence-electron chi connectivity index (χ0n) is 18.9. The third-order valence-corrected chi connectivity index (χ3v) is 7.91. The lowest BCUT2D eigenvalue weighted by atomic mass is 9.82. The molecule has 3 aliphatic heterocycles. The van der Waals surface area contributed by atoms with Crippen LogP contribution in [0.5, 0.6) is 11.5 Å². The molecular formula is C22H29N3O7S. The number of amides is 2. The zero-order valence-corrected chi connectivity index (χ0v) is 19.7. The van der Waals surface area contributed by atoms with Gasteiger partial charge in [-0.3, -0.25) is 14.4 Å². The lowest BCUT2D eigenvalue weighted by molar-refractivity contribution is -0.134. The largest absolute Gasteiger partial charge is 0.486 e. The van der Waals surface area contributed by atoms with Crippen LogP contribution in [0.1, 0.15) is 36.5 Å². The summed E-state index contributed by atoms with van der Waals surface area (Å²) < 4.78 is 36.5. The summed E-state index contributed by atoms with van der Waals surface area (Å²) in [6.07, 6.45) is 2.61. The van der Waals surface area contributed by atoms with Gasteiger partial charge in [0.25, 0.3) is 5.91 Å². The maximum atomic E-state index is 12.7. The Morgan fingerprint density at radius 3 is 2.33 bits per heavy atom. The number of ketones is 1. The fraction of sp³-hybridized carbons (Fsp3) is 0.591. The molecule has 3 heterocycles. The van der Waals surface area contributed by atoms with Crippen molar-refractivity contribution in [3.8, 4) is 11.5 Å². The number of ether oxygens (including phenoxy) is 2. The molecule has 3 aliphatic rings. The fourth-order valence-electron chi connectivity index (χ4n) is 4.58. The molecule has 11 heteroatoms. The fourth-order valence-corrected chi connectivity index (χ4v) is 5.40. The van der Waals surface area contributed by atoms with Crippen molar-refractivity contribution < 1.29 is 32.3 Å². The average molecular weight is 480 g/mol. The van der Waals surface area contributed by atoms with Crippen LogP contribution in [0.25, 0.3) is 0 Å². The summed E-state index contributed by atoms with van der Waals surface area (Å²) in [7, 11) is -3.26. The molecule has 180 valence electrons. The molecule has 2 amide bonds. The Bertz CT molecular complexity index is 1060. The Kier molecular flexibility index (Phi) is 6.37. The smallest absolute Gasteiger partial charge is 0.260 e. The van der Waals surface area contributed by atoms with Gasteiger partial charge >= 0.3 is 0 Å². The normalized spacial score (nSPS) is 20.8. The summed E-state index contributed by atoms with van der Waals surface area (Å²) in [5.41, 5.74) is -0.130. The number of piperidine rings is 1. The highest BCUT2D eigenvalue weighted by atomic mass is 32.2. The topological polar surface area (TPSA) is 114 Å². The van der Waals surface area contributed by atoms with E-state index in [0.29, 0.717) is 56.1 Å². The molecule has 4 rings (SSSR count). The van der Waals surface area contributed by atoms with Crippen molar-refractivity contribution in [2.45, 2.75) is 31.8 Å². The molecule has 0 saturated carbocycles. The lowest BCUT2D eigenvalue weighted by Crippen LogP contribution is -2.51. The number of fused-ring (bicyclic) bond motifs is 1. The summed E-state index contributed by atoms with van der Waals surface area (Å²) in [5.74, 6) is 0.646. The number of Topliss-reactive ketones (excluding diaryl/α,β-unsaturated/α-hetero) is 1. The van der Waals surface area contributed by atoms with Crippen molar-refractivity contribution in [1.29, 1.82) is 0 Å². The van der Waals surface area contributed by atoms with E-state index in [1.54, 1.807) is 28.0 Å². The van der Waals surface area contributed by atoms with E-state index in [-0.39, 0.29) is 43.7 Å². The molecule has 1 aromatic rings. The summed E-state index contributed by atoms with van der Waals surface area (Å²) in [4.78, 5) is 40.2. The van der Waals surface area contributed by atoms with Gasteiger partial charge in [-0.15, -0.1) is 0 Å². The number of piperazine rings is 1. The third-order valence-electron chi connectivity index (χ3n) is 6.61. The predicted octanol–water partition coefficient (Wildman–Crippen LogP) is 0.516. The summed E-state index contributed by atoms with van der Waals surface area (Å²) in [6, 6.07) is 4.94. The Labute approximate surface area is 193 Å². The minimum absolute atomic E-state index is 0.00102. The average Bonchev–Trinajstić information content (AvgIpc) is 2.77. The molecule has 0 atom stereocenters. The van der Waals surface area contributed by atoms with Gasteiger partial charge in [-0.2, -0.15) is 4.31 Å². The van der Waals surface area contributed by atoms with Crippen molar-refractivity contribution in [2.75, 3.05) is 52.1 Å². The second-order valence-corrected chi connectivity index (χ2v) is 10.9. The number of benzene rings is 1. The number of hydrogen-bond acceptors (Lipinski definition) is 7. The monoisotopic (exact) mass is 479 g/mol. The maximum absolute atomic E-state index is 12.7. The number of carbonyl (C=O) groups is 3. The minimum Gasteiger partial charge on any atom is -0.486 e. The van der Waals surface area contributed by atoms with E-state index in [0.717, 1.165) is 6.26 Å². The standard InChI is InChI=1S/C22H29N3O7S/c1-16(26)23-7-5-22(6-8-23)14-19(27)18-4-3-17(13-20(18)32-22)31-15-21(28)24-9-11-25(12-10-24)33(2,29)30/h3-4,13H,5-12,14-15H2,1-2H3. The van der Waals surface area contributed by atoms with Gasteiger partial charge < -0.3 is 19.3 Å². The van der Waals surface area contributed by atoms with Crippen molar-refractivity contribution in [2.24, 2.45) is 0 Å². The molecule has 0 unspecified atom stereocenters. The van der Waals surface area contributed by atoms with Crippen LogP contribution in [0, 0.1) is 0 Å². The van der Waals surface area contributed by atoms with Gasteiger partial charge in [0.2, 0.25) is 15.9 Å². The SMILES string of the molecule is CC(=O)N1CCC2(CC1)CC(=O)c1ccc(OCC(=O)N3CCN(S(C)(=O)=O)CC3)cc1O2. The Hall–Kier alpha value is -2.66. The van der Waals surface area contributed by atoms with Crippen LogP contribution in [0.4, 0.5) is 0 Å². The number of likely N-dealkylation sites (tertiary alicyclic amines) is 1. The van der Waals surface area contributed by atoms with E-state index in [2.05, 4.69) is 0 Å². The Morgan fingerprint density at radius 1 is 1.06 bits per heavy atom. The van der Waals surface area contributed by atoms with E-state index in [1.807, 2.05) is 0 Å². The van der Waals surface area contributed by atoms with Crippen LogP contribution >= 0.6 is 0 Å². The van der Waals surface area contributed by atoms with Gasteiger partial charge in [-0.05, 0) is 12.1 Å². The third kappa shape index (κ3) is 5.14. The highest BCUT2D eigenvalue weighted by Crippen LogP contribution is 2.40. The van der Waals surface area contributed by atoms with Gasteiger partial charge in [0.05, 0.1) is 18.2 Å². The van der Waals surface area contributed by atoms with Crippen LogP contribution in [-0.4, -0.2) is 97.9 Å². The zero-order chi connectivity index (χ0) is 23.8.